The van der Waals surface area contributed by atoms with Crippen molar-refractivity contribution in [2.75, 3.05) is 5.32 Å². The number of ketones is 1. The Morgan fingerprint density at radius 1 is 1.29 bits per heavy atom. The molecule has 2 saturated carbocycles. The van der Waals surface area contributed by atoms with E-state index in [0.717, 1.165) is 24.9 Å². The number of amides is 1. The fourth-order valence-corrected chi connectivity index (χ4v) is 4.05. The molecule has 1 amide bonds. The van der Waals surface area contributed by atoms with Crippen LogP contribution in [0, 0.1) is 16.7 Å². The number of nitrogens with one attached hydrogen (secondary N) is 1. The van der Waals surface area contributed by atoms with Crippen molar-refractivity contribution in [1.82, 2.24) is 0 Å². The summed E-state index contributed by atoms with van der Waals surface area (Å²) < 4.78 is 0. The summed E-state index contributed by atoms with van der Waals surface area (Å²) in [5.74, 6) is 0.386. The molecule has 2 fully saturated rings. The average Bonchev–Trinajstić information content (AvgIpc) is 3.00. The van der Waals surface area contributed by atoms with E-state index in [4.69, 9.17) is 0 Å². The fourth-order valence-electron chi connectivity index (χ4n) is 4.05. The molecule has 112 valence electrons. The molecule has 3 rings (SSSR count). The monoisotopic (exact) mass is 285 g/mol. The first-order valence-electron chi connectivity index (χ1n) is 7.85. The molecule has 3 nitrogen and oxygen atoms in total. The summed E-state index contributed by atoms with van der Waals surface area (Å²) in [5.41, 5.74) is 0.900. The molecule has 2 bridgehead atoms. The SMILES string of the molecule is CCc1ccc(NC(=O)[C@@]23CC[C@H](C2)C(C)(C)C3=O)cc1. The molecule has 21 heavy (non-hydrogen) atoms. The van der Waals surface area contributed by atoms with E-state index in [1.165, 1.54) is 5.56 Å². The van der Waals surface area contributed by atoms with Gasteiger partial charge in [0.2, 0.25) is 5.91 Å². The second kappa shape index (κ2) is 4.69. The van der Waals surface area contributed by atoms with Crippen LogP contribution in [0.25, 0.3) is 0 Å². The first-order chi connectivity index (χ1) is 9.90. The third-order valence-corrected chi connectivity index (χ3v) is 5.61. The zero-order valence-electron chi connectivity index (χ0n) is 13.0. The minimum Gasteiger partial charge on any atom is -0.325 e. The van der Waals surface area contributed by atoms with E-state index in [2.05, 4.69) is 12.2 Å². The van der Waals surface area contributed by atoms with Crippen molar-refractivity contribution >= 4 is 17.4 Å². The fraction of sp³-hybridized carbons (Fsp3) is 0.556. The van der Waals surface area contributed by atoms with Gasteiger partial charge in [-0.15, -0.1) is 0 Å². The lowest BCUT2D eigenvalue weighted by atomic mass is 9.70. The lowest BCUT2D eigenvalue weighted by molar-refractivity contribution is -0.142. The van der Waals surface area contributed by atoms with Crippen LogP contribution in [-0.4, -0.2) is 11.7 Å². The smallest absolute Gasteiger partial charge is 0.238 e. The number of hydrogen-bond acceptors (Lipinski definition) is 2. The van der Waals surface area contributed by atoms with Gasteiger partial charge < -0.3 is 5.32 Å². The highest BCUT2D eigenvalue weighted by molar-refractivity contribution is 6.15. The molecule has 2 aliphatic rings. The predicted octanol–water partition coefficient (Wildman–Crippen LogP) is 3.58. The Morgan fingerprint density at radius 3 is 2.48 bits per heavy atom. The topological polar surface area (TPSA) is 46.2 Å². The summed E-state index contributed by atoms with van der Waals surface area (Å²) >= 11 is 0. The Balaban J connectivity index is 1.81. The van der Waals surface area contributed by atoms with Gasteiger partial charge in [0, 0.05) is 11.1 Å². The number of Topliss-reactive ketones (excluding diaryl/α,β-unsaturated/α-hetero) is 1. The van der Waals surface area contributed by atoms with Gasteiger partial charge in [-0.2, -0.15) is 0 Å². The van der Waals surface area contributed by atoms with E-state index in [9.17, 15) is 9.59 Å². The highest BCUT2D eigenvalue weighted by Gasteiger charge is 2.64. The molecule has 0 saturated heterocycles. The molecular formula is C18H23NO2. The summed E-state index contributed by atoms with van der Waals surface area (Å²) in [6.45, 7) is 6.08. The summed E-state index contributed by atoms with van der Waals surface area (Å²) in [6, 6.07) is 7.88. The molecule has 1 aromatic rings. The molecule has 3 heteroatoms. The van der Waals surface area contributed by atoms with Crippen LogP contribution in [-0.2, 0) is 16.0 Å². The summed E-state index contributed by atoms with van der Waals surface area (Å²) in [7, 11) is 0. The maximum Gasteiger partial charge on any atom is 0.238 e. The van der Waals surface area contributed by atoms with Crippen LogP contribution in [0.15, 0.2) is 24.3 Å². The average molecular weight is 285 g/mol. The number of benzene rings is 1. The molecule has 0 aromatic heterocycles. The number of carbonyl (C=O) groups excluding carboxylic acids is 2. The first kappa shape index (κ1) is 14.3. The van der Waals surface area contributed by atoms with Gasteiger partial charge in [-0.05, 0) is 49.3 Å². The highest BCUT2D eigenvalue weighted by Crippen LogP contribution is 2.60. The molecule has 1 aromatic carbocycles. The van der Waals surface area contributed by atoms with Gasteiger partial charge in [0.25, 0.3) is 0 Å². The van der Waals surface area contributed by atoms with Gasteiger partial charge in [-0.25, -0.2) is 0 Å². The standard InChI is InChI=1S/C18H23NO2/c1-4-12-5-7-14(8-6-12)19-16(21)18-10-9-13(11-18)17(2,3)15(18)20/h5-8,13H,4,9-11H2,1-3H3,(H,19,21)/t13-,18+/m1/s1. The molecule has 0 radical (unpaired) electrons. The molecule has 0 aliphatic heterocycles. The Labute approximate surface area is 126 Å². The Morgan fingerprint density at radius 2 is 1.95 bits per heavy atom. The van der Waals surface area contributed by atoms with Gasteiger partial charge in [0.1, 0.15) is 5.41 Å². The Bertz CT molecular complexity index is 588. The molecule has 0 spiro atoms. The Kier molecular flexibility index (Phi) is 3.19. The van der Waals surface area contributed by atoms with Gasteiger partial charge in [0.15, 0.2) is 5.78 Å². The molecule has 2 atom stereocenters. The van der Waals surface area contributed by atoms with E-state index in [1.54, 1.807) is 0 Å². The van der Waals surface area contributed by atoms with Crippen molar-refractivity contribution in [3.05, 3.63) is 29.8 Å². The summed E-state index contributed by atoms with van der Waals surface area (Å²) in [4.78, 5) is 25.4. The van der Waals surface area contributed by atoms with E-state index in [1.807, 2.05) is 38.1 Å². The van der Waals surface area contributed by atoms with Crippen molar-refractivity contribution in [2.24, 2.45) is 16.7 Å². The molecule has 0 unspecified atom stereocenters. The maximum absolute atomic E-state index is 12.7. The van der Waals surface area contributed by atoms with Crippen LogP contribution >= 0.6 is 0 Å². The summed E-state index contributed by atoms with van der Waals surface area (Å²) in [6.07, 6.45) is 3.39. The van der Waals surface area contributed by atoms with Crippen LogP contribution in [0.3, 0.4) is 0 Å². The molecule has 1 N–H and O–H groups in total. The minimum atomic E-state index is -0.780. The van der Waals surface area contributed by atoms with Gasteiger partial charge in [-0.1, -0.05) is 32.9 Å². The lowest BCUT2D eigenvalue weighted by Gasteiger charge is -2.32. The van der Waals surface area contributed by atoms with Crippen LogP contribution in [0.1, 0.15) is 45.6 Å². The van der Waals surface area contributed by atoms with E-state index in [0.29, 0.717) is 12.3 Å². The number of fused-ring (bicyclic) bond motifs is 2. The quantitative estimate of drug-likeness (QED) is 0.863. The zero-order valence-corrected chi connectivity index (χ0v) is 13.0. The van der Waals surface area contributed by atoms with E-state index in [-0.39, 0.29) is 17.1 Å². The zero-order chi connectivity index (χ0) is 15.3. The number of aryl methyl sites for hydroxylation is 1. The highest BCUT2D eigenvalue weighted by atomic mass is 16.2. The predicted molar refractivity (Wildman–Crippen MR) is 83.0 cm³/mol. The van der Waals surface area contributed by atoms with Gasteiger partial charge in [0.05, 0.1) is 0 Å². The number of rotatable bonds is 3. The molecule has 2 aliphatic carbocycles. The normalized spacial score (nSPS) is 29.7. The van der Waals surface area contributed by atoms with Crippen molar-refractivity contribution in [3.8, 4) is 0 Å². The second-order valence-corrected chi connectivity index (χ2v) is 7.08. The van der Waals surface area contributed by atoms with E-state index >= 15 is 0 Å². The maximum atomic E-state index is 12.7. The lowest BCUT2D eigenvalue weighted by Crippen LogP contribution is -2.44. The van der Waals surface area contributed by atoms with Crippen molar-refractivity contribution in [3.63, 3.8) is 0 Å². The van der Waals surface area contributed by atoms with Crippen LogP contribution in [0.5, 0.6) is 0 Å². The third-order valence-electron chi connectivity index (χ3n) is 5.61. The van der Waals surface area contributed by atoms with E-state index < -0.39 is 5.41 Å². The van der Waals surface area contributed by atoms with Crippen LogP contribution in [0.2, 0.25) is 0 Å². The second-order valence-electron chi connectivity index (χ2n) is 7.08. The number of anilines is 1. The van der Waals surface area contributed by atoms with Gasteiger partial charge in [-0.3, -0.25) is 9.59 Å². The molecule has 0 heterocycles. The van der Waals surface area contributed by atoms with Crippen molar-refractivity contribution in [1.29, 1.82) is 0 Å². The van der Waals surface area contributed by atoms with Crippen LogP contribution in [0.4, 0.5) is 5.69 Å². The summed E-state index contributed by atoms with van der Waals surface area (Å²) in [5, 5.41) is 2.96. The number of carbonyl (C=O) groups is 2. The largest absolute Gasteiger partial charge is 0.325 e. The van der Waals surface area contributed by atoms with Crippen molar-refractivity contribution in [2.45, 2.75) is 46.5 Å². The van der Waals surface area contributed by atoms with Crippen molar-refractivity contribution < 1.29 is 9.59 Å². The number of hydrogen-bond donors (Lipinski definition) is 1. The van der Waals surface area contributed by atoms with Crippen LogP contribution < -0.4 is 5.32 Å². The first-order valence-corrected chi connectivity index (χ1v) is 7.85. The van der Waals surface area contributed by atoms with Gasteiger partial charge >= 0.3 is 0 Å². The minimum absolute atomic E-state index is 0.107. The molecular weight excluding hydrogens is 262 g/mol. The Hall–Kier alpha value is -1.64. The third kappa shape index (κ3) is 2.02.